The van der Waals surface area contributed by atoms with Crippen LogP contribution >= 0.6 is 15.9 Å². The molecule has 0 radical (unpaired) electrons. The number of ketones is 1. The predicted octanol–water partition coefficient (Wildman–Crippen LogP) is 1.42. The zero-order valence-corrected chi connectivity index (χ0v) is 11.9. The number of anilines is 1. The summed E-state index contributed by atoms with van der Waals surface area (Å²) < 4.78 is 13.6. The van der Waals surface area contributed by atoms with Gasteiger partial charge in [0.15, 0.2) is 0 Å². The molecule has 0 atom stereocenters. The summed E-state index contributed by atoms with van der Waals surface area (Å²) in [5.74, 6) is -2.66. The predicted molar refractivity (Wildman–Crippen MR) is 74.0 cm³/mol. The van der Waals surface area contributed by atoms with Crippen LogP contribution in [0.5, 0.6) is 0 Å². The summed E-state index contributed by atoms with van der Waals surface area (Å²) in [6.07, 6.45) is 1.49. The maximum Gasteiger partial charge on any atom is 0.299 e. The van der Waals surface area contributed by atoms with Crippen molar-refractivity contribution < 1.29 is 18.8 Å². The molecule has 7 heteroatoms. The van der Waals surface area contributed by atoms with Gasteiger partial charge in [0.2, 0.25) is 5.91 Å². The molecule has 1 aromatic carbocycles. The first-order valence-electron chi connectivity index (χ1n) is 5.68. The van der Waals surface area contributed by atoms with Gasteiger partial charge in [0.05, 0.1) is 15.7 Å². The van der Waals surface area contributed by atoms with E-state index in [1.807, 2.05) is 0 Å². The number of carbonyl (C=O) groups excluding carboxylic acids is 3. The smallest absolute Gasteiger partial charge is 0.299 e. The normalized spacial score (nSPS) is 13.4. The quantitative estimate of drug-likeness (QED) is 0.665. The third-order valence-electron chi connectivity index (χ3n) is 2.76. The highest BCUT2D eigenvalue weighted by atomic mass is 79.9. The Kier molecular flexibility index (Phi) is 3.99. The van der Waals surface area contributed by atoms with Crippen LogP contribution in [-0.4, -0.2) is 30.7 Å². The van der Waals surface area contributed by atoms with Crippen molar-refractivity contribution in [1.29, 1.82) is 0 Å². The summed E-state index contributed by atoms with van der Waals surface area (Å²) in [6, 6.07) is 2.30. The van der Waals surface area contributed by atoms with Crippen LogP contribution in [0.1, 0.15) is 10.4 Å². The highest BCUT2D eigenvalue weighted by Crippen LogP contribution is 2.32. The summed E-state index contributed by atoms with van der Waals surface area (Å²) in [6.45, 7) is 3.35. The molecule has 0 aromatic heterocycles. The summed E-state index contributed by atoms with van der Waals surface area (Å²) in [5.41, 5.74) is 0.189. The van der Waals surface area contributed by atoms with Gasteiger partial charge >= 0.3 is 0 Å². The van der Waals surface area contributed by atoms with Crippen LogP contribution in [0.15, 0.2) is 29.3 Å². The molecule has 0 bridgehead atoms. The van der Waals surface area contributed by atoms with Gasteiger partial charge in [-0.1, -0.05) is 6.08 Å². The van der Waals surface area contributed by atoms with Gasteiger partial charge < -0.3 is 5.32 Å². The van der Waals surface area contributed by atoms with Crippen LogP contribution < -0.4 is 10.2 Å². The minimum atomic E-state index is -0.841. The number of carbonyl (C=O) groups is 3. The van der Waals surface area contributed by atoms with E-state index in [2.05, 4.69) is 27.8 Å². The molecule has 104 valence electrons. The topological polar surface area (TPSA) is 66.5 Å². The lowest BCUT2D eigenvalue weighted by atomic mass is 10.1. The van der Waals surface area contributed by atoms with Crippen molar-refractivity contribution in [2.75, 3.05) is 18.0 Å². The average Bonchev–Trinajstić information content (AvgIpc) is 2.63. The zero-order chi connectivity index (χ0) is 14.9. The number of Topliss-reactive ketones (excluding diaryl/α,β-unsaturated/α-hetero) is 1. The first-order valence-corrected chi connectivity index (χ1v) is 6.48. The number of nitrogens with zero attached hydrogens (tertiary/aromatic N) is 1. The lowest BCUT2D eigenvalue weighted by Crippen LogP contribution is -2.40. The van der Waals surface area contributed by atoms with E-state index in [0.717, 1.165) is 11.0 Å². The van der Waals surface area contributed by atoms with Crippen LogP contribution in [0, 0.1) is 5.82 Å². The first-order chi connectivity index (χ1) is 9.45. The maximum absolute atomic E-state index is 13.5. The second kappa shape index (κ2) is 5.54. The molecule has 1 aliphatic rings. The Labute approximate surface area is 122 Å². The van der Waals surface area contributed by atoms with Crippen molar-refractivity contribution in [2.45, 2.75) is 0 Å². The van der Waals surface area contributed by atoms with Crippen LogP contribution in [0.2, 0.25) is 0 Å². The number of halogens is 2. The summed E-state index contributed by atoms with van der Waals surface area (Å²) in [7, 11) is 0. The molecule has 0 saturated heterocycles. The molecular formula is C13H10BrFN2O3. The van der Waals surface area contributed by atoms with Crippen molar-refractivity contribution in [3.05, 3.63) is 40.6 Å². The Hall–Kier alpha value is -2.02. The second-order valence-electron chi connectivity index (χ2n) is 4.10. The van der Waals surface area contributed by atoms with E-state index in [-0.39, 0.29) is 28.8 Å². The molecule has 1 aliphatic heterocycles. The van der Waals surface area contributed by atoms with Crippen LogP contribution in [0.25, 0.3) is 0 Å². The highest BCUT2D eigenvalue weighted by molar-refractivity contribution is 9.10. The molecule has 2 amide bonds. The Morgan fingerprint density at radius 1 is 1.45 bits per heavy atom. The third-order valence-corrected chi connectivity index (χ3v) is 3.37. The van der Waals surface area contributed by atoms with Crippen molar-refractivity contribution in [1.82, 2.24) is 5.32 Å². The van der Waals surface area contributed by atoms with Crippen LogP contribution in [0.3, 0.4) is 0 Å². The van der Waals surface area contributed by atoms with Gasteiger partial charge in [-0.25, -0.2) is 4.39 Å². The summed E-state index contributed by atoms with van der Waals surface area (Å²) in [5, 5.41) is 2.49. The van der Waals surface area contributed by atoms with Crippen molar-refractivity contribution in [3.63, 3.8) is 0 Å². The molecule has 0 fully saturated rings. The molecule has 5 nitrogen and oxygen atoms in total. The minimum absolute atomic E-state index is 0.0831. The van der Waals surface area contributed by atoms with Gasteiger partial charge in [-0.3, -0.25) is 19.3 Å². The monoisotopic (exact) mass is 340 g/mol. The lowest BCUT2D eigenvalue weighted by Gasteiger charge is -2.15. The number of nitrogens with one attached hydrogen (secondary N) is 1. The Bertz CT molecular complexity index is 630. The number of rotatable bonds is 4. The van der Waals surface area contributed by atoms with Crippen LogP contribution in [-0.2, 0) is 9.59 Å². The Morgan fingerprint density at radius 2 is 2.15 bits per heavy atom. The minimum Gasteiger partial charge on any atom is -0.351 e. The maximum atomic E-state index is 13.5. The molecule has 0 saturated carbocycles. The molecule has 1 heterocycles. The number of benzene rings is 1. The summed E-state index contributed by atoms with van der Waals surface area (Å²) >= 11 is 2.95. The SMILES string of the molecule is C=CCNC(=O)CN1C(=O)C(=O)c2cc(Br)c(F)cc21. The fraction of sp³-hybridized carbons (Fsp3) is 0.154. The molecule has 1 aromatic rings. The molecule has 1 N–H and O–H groups in total. The van der Waals surface area contributed by atoms with Crippen molar-refractivity contribution in [3.8, 4) is 0 Å². The standard InChI is InChI=1S/C13H10BrFN2O3/c1-2-3-16-11(18)6-17-10-5-9(15)8(14)4-7(10)12(19)13(17)20/h2,4-5H,1,3,6H2,(H,16,18). The molecule has 20 heavy (non-hydrogen) atoms. The number of fused-ring (bicyclic) bond motifs is 1. The van der Waals surface area contributed by atoms with E-state index in [4.69, 9.17) is 0 Å². The van der Waals surface area contributed by atoms with Gasteiger partial charge in [-0.15, -0.1) is 6.58 Å². The molecule has 0 unspecified atom stereocenters. The molecule has 2 rings (SSSR count). The van der Waals surface area contributed by atoms with E-state index in [0.29, 0.717) is 0 Å². The Balaban J connectivity index is 2.31. The molecular weight excluding hydrogens is 331 g/mol. The van der Waals surface area contributed by atoms with E-state index < -0.39 is 23.4 Å². The van der Waals surface area contributed by atoms with E-state index in [1.165, 1.54) is 12.1 Å². The van der Waals surface area contributed by atoms with E-state index >= 15 is 0 Å². The van der Waals surface area contributed by atoms with E-state index in [1.54, 1.807) is 0 Å². The first kappa shape index (κ1) is 14.4. The highest BCUT2D eigenvalue weighted by Gasteiger charge is 2.37. The van der Waals surface area contributed by atoms with Crippen molar-refractivity contribution >= 4 is 39.2 Å². The summed E-state index contributed by atoms with van der Waals surface area (Å²) in [4.78, 5) is 36.2. The van der Waals surface area contributed by atoms with Gasteiger partial charge in [0.1, 0.15) is 12.4 Å². The number of hydrogen-bond acceptors (Lipinski definition) is 3. The lowest BCUT2D eigenvalue weighted by molar-refractivity contribution is -0.122. The second-order valence-corrected chi connectivity index (χ2v) is 4.95. The van der Waals surface area contributed by atoms with Crippen molar-refractivity contribution in [2.24, 2.45) is 0 Å². The fourth-order valence-corrected chi connectivity index (χ4v) is 2.17. The third kappa shape index (κ3) is 2.49. The van der Waals surface area contributed by atoms with Crippen LogP contribution in [0.4, 0.5) is 10.1 Å². The van der Waals surface area contributed by atoms with Gasteiger partial charge in [-0.05, 0) is 28.1 Å². The van der Waals surface area contributed by atoms with E-state index in [9.17, 15) is 18.8 Å². The molecule has 0 spiro atoms. The fourth-order valence-electron chi connectivity index (χ4n) is 1.83. The zero-order valence-electron chi connectivity index (χ0n) is 10.3. The van der Waals surface area contributed by atoms with Gasteiger partial charge in [0, 0.05) is 6.54 Å². The molecule has 0 aliphatic carbocycles. The number of amides is 2. The average molecular weight is 341 g/mol. The van der Waals surface area contributed by atoms with Gasteiger partial charge in [0.25, 0.3) is 11.7 Å². The van der Waals surface area contributed by atoms with Gasteiger partial charge in [-0.2, -0.15) is 0 Å². The number of hydrogen-bond donors (Lipinski definition) is 1. The Morgan fingerprint density at radius 3 is 2.80 bits per heavy atom. The largest absolute Gasteiger partial charge is 0.351 e.